The molecule has 2 atom stereocenters. The summed E-state index contributed by atoms with van der Waals surface area (Å²) in [5, 5.41) is 0. The third-order valence-corrected chi connectivity index (χ3v) is 3.91. The molecule has 0 saturated carbocycles. The summed E-state index contributed by atoms with van der Waals surface area (Å²) in [6.45, 7) is 3.08. The topological polar surface area (TPSA) is 59.2 Å². The highest BCUT2D eigenvalue weighted by Crippen LogP contribution is 2.27. The van der Waals surface area contributed by atoms with E-state index in [1.807, 2.05) is 6.92 Å². The Bertz CT molecular complexity index is 501. The molecule has 0 bridgehead atoms. The maximum atomic E-state index is 12.4. The van der Waals surface area contributed by atoms with E-state index >= 15 is 0 Å². The lowest BCUT2D eigenvalue weighted by Gasteiger charge is -2.36. The minimum atomic E-state index is -4.49. The van der Waals surface area contributed by atoms with Crippen molar-refractivity contribution in [3.8, 4) is 0 Å². The number of alkyl halides is 3. The molecule has 0 aromatic carbocycles. The largest absolute Gasteiger partial charge is 0.433 e. The lowest BCUT2D eigenvalue weighted by atomic mass is 9.90. The number of aromatic nitrogens is 1. The van der Waals surface area contributed by atoms with Crippen molar-refractivity contribution in [2.75, 3.05) is 13.1 Å². The average Bonchev–Trinajstić information content (AvgIpc) is 2.46. The first-order valence-electron chi connectivity index (χ1n) is 6.91. The van der Waals surface area contributed by atoms with E-state index in [0.717, 1.165) is 18.7 Å². The van der Waals surface area contributed by atoms with Crippen LogP contribution in [0.5, 0.6) is 0 Å². The van der Waals surface area contributed by atoms with Gasteiger partial charge in [-0.3, -0.25) is 9.78 Å². The Balaban J connectivity index is 2.10. The van der Waals surface area contributed by atoms with Gasteiger partial charge in [-0.15, -0.1) is 0 Å². The van der Waals surface area contributed by atoms with Gasteiger partial charge in [0.05, 0.1) is 5.56 Å². The van der Waals surface area contributed by atoms with Gasteiger partial charge in [-0.2, -0.15) is 13.2 Å². The zero-order valence-electron chi connectivity index (χ0n) is 11.7. The van der Waals surface area contributed by atoms with Gasteiger partial charge in [-0.1, -0.05) is 13.3 Å². The van der Waals surface area contributed by atoms with E-state index in [1.54, 1.807) is 4.90 Å². The lowest BCUT2D eigenvalue weighted by Crippen LogP contribution is -2.49. The Morgan fingerprint density at radius 2 is 2.19 bits per heavy atom. The quantitative estimate of drug-likeness (QED) is 0.912. The number of hydrogen-bond acceptors (Lipinski definition) is 3. The van der Waals surface area contributed by atoms with Gasteiger partial charge in [0, 0.05) is 25.3 Å². The first-order chi connectivity index (χ1) is 9.82. The highest BCUT2D eigenvalue weighted by atomic mass is 19.4. The molecule has 0 spiro atoms. The Morgan fingerprint density at radius 3 is 2.71 bits per heavy atom. The van der Waals surface area contributed by atoms with Crippen LogP contribution >= 0.6 is 0 Å². The second kappa shape index (κ2) is 6.01. The highest BCUT2D eigenvalue weighted by molar-refractivity contribution is 5.94. The van der Waals surface area contributed by atoms with E-state index in [1.165, 1.54) is 6.07 Å². The standard InChI is InChI=1S/C14H18F3N3O/c1-2-9-8-20(6-5-11(9)18)13(21)10-3-4-12(19-7-10)14(15,16)17/h3-4,7,9,11H,2,5-6,8,18H2,1H3. The van der Waals surface area contributed by atoms with E-state index in [9.17, 15) is 18.0 Å². The number of rotatable bonds is 2. The Hall–Kier alpha value is -1.63. The van der Waals surface area contributed by atoms with E-state index in [2.05, 4.69) is 4.98 Å². The molecule has 2 unspecified atom stereocenters. The fraction of sp³-hybridized carbons (Fsp3) is 0.571. The maximum absolute atomic E-state index is 12.4. The van der Waals surface area contributed by atoms with Crippen LogP contribution in [0.4, 0.5) is 13.2 Å². The summed E-state index contributed by atoms with van der Waals surface area (Å²) in [6, 6.07) is 2.08. The van der Waals surface area contributed by atoms with Crippen molar-refractivity contribution in [2.24, 2.45) is 11.7 Å². The zero-order valence-corrected chi connectivity index (χ0v) is 11.7. The van der Waals surface area contributed by atoms with Crippen LogP contribution in [0.15, 0.2) is 18.3 Å². The molecule has 0 radical (unpaired) electrons. The molecule has 2 rings (SSSR count). The molecule has 2 N–H and O–H groups in total. The molecule has 1 aliphatic rings. The number of likely N-dealkylation sites (tertiary alicyclic amines) is 1. The van der Waals surface area contributed by atoms with Crippen molar-refractivity contribution in [1.82, 2.24) is 9.88 Å². The number of halogens is 3. The molecule has 0 aliphatic carbocycles. The van der Waals surface area contributed by atoms with Crippen LogP contribution in [0.2, 0.25) is 0 Å². The van der Waals surface area contributed by atoms with E-state index in [0.29, 0.717) is 19.5 Å². The Labute approximate surface area is 121 Å². The summed E-state index contributed by atoms with van der Waals surface area (Å²) >= 11 is 0. The molecular weight excluding hydrogens is 283 g/mol. The summed E-state index contributed by atoms with van der Waals surface area (Å²) in [5.41, 5.74) is 5.16. The third kappa shape index (κ3) is 3.53. The smallest absolute Gasteiger partial charge is 0.338 e. The molecule has 1 aliphatic heterocycles. The first kappa shape index (κ1) is 15.8. The van der Waals surface area contributed by atoms with Gasteiger partial charge in [0.2, 0.25) is 0 Å². The second-order valence-electron chi connectivity index (χ2n) is 5.30. The lowest BCUT2D eigenvalue weighted by molar-refractivity contribution is -0.141. The number of carbonyl (C=O) groups excluding carboxylic acids is 1. The van der Waals surface area contributed by atoms with Gasteiger partial charge in [-0.25, -0.2) is 0 Å². The number of nitrogens with two attached hydrogens (primary N) is 1. The third-order valence-electron chi connectivity index (χ3n) is 3.91. The Morgan fingerprint density at radius 1 is 1.48 bits per heavy atom. The summed E-state index contributed by atoms with van der Waals surface area (Å²) < 4.78 is 37.3. The van der Waals surface area contributed by atoms with Crippen LogP contribution in [-0.2, 0) is 6.18 Å². The van der Waals surface area contributed by atoms with Gasteiger partial charge in [0.1, 0.15) is 5.69 Å². The second-order valence-corrected chi connectivity index (χ2v) is 5.30. The number of amides is 1. The minimum absolute atomic E-state index is 0.0739. The van der Waals surface area contributed by atoms with Crippen LogP contribution < -0.4 is 5.73 Å². The number of pyridine rings is 1. The Kier molecular flexibility index (Phi) is 4.51. The van der Waals surface area contributed by atoms with Gasteiger partial charge in [0.15, 0.2) is 0 Å². The molecular formula is C14H18F3N3O. The van der Waals surface area contributed by atoms with Crippen molar-refractivity contribution in [1.29, 1.82) is 0 Å². The summed E-state index contributed by atoms with van der Waals surface area (Å²) in [6.07, 6.45) is -1.93. The first-order valence-corrected chi connectivity index (χ1v) is 6.91. The molecule has 1 saturated heterocycles. The molecule has 21 heavy (non-hydrogen) atoms. The molecule has 1 aromatic rings. The van der Waals surface area contributed by atoms with Crippen molar-refractivity contribution >= 4 is 5.91 Å². The predicted molar refractivity (Wildman–Crippen MR) is 71.5 cm³/mol. The zero-order chi connectivity index (χ0) is 15.6. The van der Waals surface area contributed by atoms with E-state index < -0.39 is 11.9 Å². The average molecular weight is 301 g/mol. The van der Waals surface area contributed by atoms with Crippen LogP contribution in [-0.4, -0.2) is 34.9 Å². The van der Waals surface area contributed by atoms with Crippen molar-refractivity contribution in [3.63, 3.8) is 0 Å². The maximum Gasteiger partial charge on any atom is 0.433 e. The predicted octanol–water partition coefficient (Wildman–Crippen LogP) is 2.30. The molecule has 116 valence electrons. The molecule has 1 fully saturated rings. The SMILES string of the molecule is CCC1CN(C(=O)c2ccc(C(F)(F)F)nc2)CCC1N. The monoisotopic (exact) mass is 301 g/mol. The minimum Gasteiger partial charge on any atom is -0.338 e. The van der Waals surface area contributed by atoms with Crippen LogP contribution in [0.3, 0.4) is 0 Å². The molecule has 2 heterocycles. The van der Waals surface area contributed by atoms with Gasteiger partial charge >= 0.3 is 6.18 Å². The van der Waals surface area contributed by atoms with E-state index in [-0.39, 0.29) is 23.4 Å². The van der Waals surface area contributed by atoms with Gasteiger partial charge in [0.25, 0.3) is 5.91 Å². The van der Waals surface area contributed by atoms with E-state index in [4.69, 9.17) is 5.73 Å². The fourth-order valence-corrected chi connectivity index (χ4v) is 2.54. The number of hydrogen-bond donors (Lipinski definition) is 1. The number of nitrogens with zero attached hydrogens (tertiary/aromatic N) is 2. The van der Waals surface area contributed by atoms with Crippen molar-refractivity contribution in [3.05, 3.63) is 29.6 Å². The van der Waals surface area contributed by atoms with Crippen LogP contribution in [0, 0.1) is 5.92 Å². The highest BCUT2D eigenvalue weighted by Gasteiger charge is 2.33. The molecule has 1 amide bonds. The molecule has 7 heteroatoms. The molecule has 1 aromatic heterocycles. The van der Waals surface area contributed by atoms with Crippen LogP contribution in [0.1, 0.15) is 35.8 Å². The number of carbonyl (C=O) groups is 1. The van der Waals surface area contributed by atoms with Gasteiger partial charge in [-0.05, 0) is 24.5 Å². The van der Waals surface area contributed by atoms with Gasteiger partial charge < -0.3 is 10.6 Å². The van der Waals surface area contributed by atoms with Crippen LogP contribution in [0.25, 0.3) is 0 Å². The van der Waals surface area contributed by atoms with Crippen molar-refractivity contribution in [2.45, 2.75) is 32.0 Å². The normalized spacial score (nSPS) is 23.2. The summed E-state index contributed by atoms with van der Waals surface area (Å²) in [5.74, 6) is -0.0633. The summed E-state index contributed by atoms with van der Waals surface area (Å²) in [7, 11) is 0. The fourth-order valence-electron chi connectivity index (χ4n) is 2.54. The van der Waals surface area contributed by atoms with Crippen molar-refractivity contribution < 1.29 is 18.0 Å². The molecule has 4 nitrogen and oxygen atoms in total. The number of piperidine rings is 1. The summed E-state index contributed by atoms with van der Waals surface area (Å²) in [4.78, 5) is 17.3.